The maximum atomic E-state index is 11.9. The molecule has 1 N–H and O–H groups in total. The van der Waals surface area contributed by atoms with E-state index in [1.807, 2.05) is 31.2 Å². The molecule has 0 aliphatic carbocycles. The van der Waals surface area contributed by atoms with E-state index in [4.69, 9.17) is 4.74 Å². The minimum absolute atomic E-state index is 0.123. The largest absolute Gasteiger partial charge is 0.486 e. The summed E-state index contributed by atoms with van der Waals surface area (Å²) in [5.41, 5.74) is 1.61. The minimum Gasteiger partial charge on any atom is -0.486 e. The van der Waals surface area contributed by atoms with E-state index in [0.29, 0.717) is 24.8 Å². The molecular formula is C16H20N2O2S. The minimum atomic E-state index is -0.123. The van der Waals surface area contributed by atoms with E-state index in [1.165, 1.54) is 11.3 Å². The monoisotopic (exact) mass is 304 g/mol. The number of nitrogens with one attached hydrogen (secondary N) is 1. The molecule has 4 nitrogen and oxygen atoms in total. The van der Waals surface area contributed by atoms with E-state index in [2.05, 4.69) is 24.1 Å². The zero-order valence-electron chi connectivity index (χ0n) is 12.6. The Hall–Kier alpha value is -1.88. The number of nitrogens with zero attached hydrogens (tertiary/aromatic N) is 1. The normalized spacial score (nSPS) is 10.7. The SMILES string of the molecule is Cc1cccc(OCc2nc(C(=O)NCC(C)C)cs2)c1. The number of carbonyl (C=O) groups is 1. The van der Waals surface area contributed by atoms with E-state index >= 15 is 0 Å². The van der Waals surface area contributed by atoms with E-state index in [-0.39, 0.29) is 5.91 Å². The third kappa shape index (κ3) is 4.86. The second-order valence-electron chi connectivity index (χ2n) is 5.34. The van der Waals surface area contributed by atoms with Crippen molar-refractivity contribution in [1.82, 2.24) is 10.3 Å². The summed E-state index contributed by atoms with van der Waals surface area (Å²) in [7, 11) is 0. The second-order valence-corrected chi connectivity index (χ2v) is 6.28. The van der Waals surface area contributed by atoms with Gasteiger partial charge in [-0.25, -0.2) is 4.98 Å². The summed E-state index contributed by atoms with van der Waals surface area (Å²) in [6.45, 7) is 7.18. The highest BCUT2D eigenvalue weighted by atomic mass is 32.1. The van der Waals surface area contributed by atoms with Crippen LogP contribution >= 0.6 is 11.3 Å². The van der Waals surface area contributed by atoms with Crippen molar-refractivity contribution >= 4 is 17.2 Å². The summed E-state index contributed by atoms with van der Waals surface area (Å²) in [5, 5.41) is 5.42. The van der Waals surface area contributed by atoms with Gasteiger partial charge in [-0.3, -0.25) is 4.79 Å². The molecule has 0 saturated carbocycles. The molecule has 1 heterocycles. The second kappa shape index (κ2) is 7.22. The Balaban J connectivity index is 1.89. The van der Waals surface area contributed by atoms with Crippen molar-refractivity contribution in [2.24, 2.45) is 5.92 Å². The number of aromatic nitrogens is 1. The fourth-order valence-electron chi connectivity index (χ4n) is 1.72. The van der Waals surface area contributed by atoms with Gasteiger partial charge in [0.05, 0.1) is 0 Å². The van der Waals surface area contributed by atoms with Gasteiger partial charge in [0.2, 0.25) is 0 Å². The number of thiazole rings is 1. The van der Waals surface area contributed by atoms with Gasteiger partial charge in [0.15, 0.2) is 0 Å². The molecule has 0 aliphatic rings. The van der Waals surface area contributed by atoms with Crippen LogP contribution in [0.15, 0.2) is 29.6 Å². The average molecular weight is 304 g/mol. The number of benzene rings is 1. The van der Waals surface area contributed by atoms with Crippen molar-refractivity contribution in [1.29, 1.82) is 0 Å². The summed E-state index contributed by atoms with van der Waals surface area (Å²) in [6.07, 6.45) is 0. The lowest BCUT2D eigenvalue weighted by atomic mass is 10.2. The van der Waals surface area contributed by atoms with E-state index < -0.39 is 0 Å². The topological polar surface area (TPSA) is 51.2 Å². The van der Waals surface area contributed by atoms with Crippen LogP contribution in [0.3, 0.4) is 0 Å². The molecule has 0 fully saturated rings. The lowest BCUT2D eigenvalue weighted by Crippen LogP contribution is -2.27. The lowest BCUT2D eigenvalue weighted by Gasteiger charge is -2.05. The summed E-state index contributed by atoms with van der Waals surface area (Å²) < 4.78 is 5.68. The molecule has 0 spiro atoms. The number of amides is 1. The Kier molecular flexibility index (Phi) is 5.33. The zero-order valence-corrected chi connectivity index (χ0v) is 13.4. The van der Waals surface area contributed by atoms with Crippen molar-refractivity contribution in [3.8, 4) is 5.75 Å². The number of ether oxygens (including phenoxy) is 1. The molecule has 2 aromatic rings. The fourth-order valence-corrected chi connectivity index (χ4v) is 2.40. The van der Waals surface area contributed by atoms with Crippen LogP contribution in [0.25, 0.3) is 0 Å². The van der Waals surface area contributed by atoms with E-state index in [0.717, 1.165) is 16.3 Å². The standard InChI is InChI=1S/C16H20N2O2S/c1-11(2)8-17-16(19)14-10-21-15(18-14)9-20-13-6-4-5-12(3)7-13/h4-7,10-11H,8-9H2,1-3H3,(H,17,19). The Bertz CT molecular complexity index is 608. The Morgan fingerprint density at radius 1 is 1.43 bits per heavy atom. The van der Waals surface area contributed by atoms with Gasteiger partial charge in [-0.2, -0.15) is 0 Å². The van der Waals surface area contributed by atoms with Gasteiger partial charge in [0, 0.05) is 11.9 Å². The third-order valence-electron chi connectivity index (χ3n) is 2.81. The van der Waals surface area contributed by atoms with Crippen LogP contribution in [0, 0.1) is 12.8 Å². The van der Waals surface area contributed by atoms with Crippen LogP contribution in [0.4, 0.5) is 0 Å². The van der Waals surface area contributed by atoms with Gasteiger partial charge in [0.1, 0.15) is 23.1 Å². The molecule has 0 bridgehead atoms. The quantitative estimate of drug-likeness (QED) is 0.889. The molecule has 0 atom stereocenters. The molecule has 0 unspecified atom stereocenters. The highest BCUT2D eigenvalue weighted by Crippen LogP contribution is 2.16. The third-order valence-corrected chi connectivity index (χ3v) is 3.63. The van der Waals surface area contributed by atoms with E-state index in [9.17, 15) is 4.79 Å². The molecule has 0 aliphatic heterocycles. The number of hydrogen-bond donors (Lipinski definition) is 1. The lowest BCUT2D eigenvalue weighted by molar-refractivity contribution is 0.0944. The highest BCUT2D eigenvalue weighted by Gasteiger charge is 2.11. The van der Waals surface area contributed by atoms with Crippen LogP contribution in [0.1, 0.15) is 34.9 Å². The summed E-state index contributed by atoms with van der Waals surface area (Å²) in [5.74, 6) is 1.12. The molecule has 5 heteroatoms. The summed E-state index contributed by atoms with van der Waals surface area (Å²) >= 11 is 1.44. The van der Waals surface area contributed by atoms with Crippen LogP contribution in [0.5, 0.6) is 5.75 Å². The number of hydrogen-bond acceptors (Lipinski definition) is 4. The van der Waals surface area contributed by atoms with Crippen molar-refractivity contribution in [2.75, 3.05) is 6.54 Å². The smallest absolute Gasteiger partial charge is 0.270 e. The van der Waals surface area contributed by atoms with Crippen LogP contribution in [-0.2, 0) is 6.61 Å². The number of aryl methyl sites for hydroxylation is 1. The molecule has 1 aromatic carbocycles. The zero-order chi connectivity index (χ0) is 15.2. The first kappa shape index (κ1) is 15.5. The van der Waals surface area contributed by atoms with Crippen LogP contribution in [0.2, 0.25) is 0 Å². The maximum absolute atomic E-state index is 11.9. The van der Waals surface area contributed by atoms with Gasteiger partial charge in [-0.1, -0.05) is 26.0 Å². The van der Waals surface area contributed by atoms with Gasteiger partial charge in [-0.15, -0.1) is 11.3 Å². The predicted molar refractivity (Wildman–Crippen MR) is 84.8 cm³/mol. The van der Waals surface area contributed by atoms with Crippen molar-refractivity contribution in [3.63, 3.8) is 0 Å². The van der Waals surface area contributed by atoms with Gasteiger partial charge in [-0.05, 0) is 30.5 Å². The molecule has 21 heavy (non-hydrogen) atoms. The average Bonchev–Trinajstić information content (AvgIpc) is 2.91. The van der Waals surface area contributed by atoms with Gasteiger partial charge in [0.25, 0.3) is 5.91 Å². The molecule has 112 valence electrons. The number of rotatable bonds is 6. The van der Waals surface area contributed by atoms with Gasteiger partial charge < -0.3 is 10.1 Å². The molecule has 0 saturated heterocycles. The molecule has 0 radical (unpaired) electrons. The van der Waals surface area contributed by atoms with Crippen LogP contribution in [-0.4, -0.2) is 17.4 Å². The Labute approximate surface area is 129 Å². The fraction of sp³-hybridized carbons (Fsp3) is 0.375. The van der Waals surface area contributed by atoms with Crippen molar-refractivity contribution < 1.29 is 9.53 Å². The first-order chi connectivity index (χ1) is 10.0. The van der Waals surface area contributed by atoms with Crippen LogP contribution < -0.4 is 10.1 Å². The summed E-state index contributed by atoms with van der Waals surface area (Å²) in [6, 6.07) is 7.87. The first-order valence-electron chi connectivity index (χ1n) is 6.96. The van der Waals surface area contributed by atoms with Crippen molar-refractivity contribution in [3.05, 3.63) is 45.9 Å². The van der Waals surface area contributed by atoms with E-state index in [1.54, 1.807) is 5.38 Å². The van der Waals surface area contributed by atoms with Gasteiger partial charge >= 0.3 is 0 Å². The first-order valence-corrected chi connectivity index (χ1v) is 7.84. The molecule has 1 aromatic heterocycles. The maximum Gasteiger partial charge on any atom is 0.270 e. The summed E-state index contributed by atoms with van der Waals surface area (Å²) in [4.78, 5) is 16.2. The Morgan fingerprint density at radius 2 is 2.24 bits per heavy atom. The number of carbonyl (C=O) groups excluding carboxylic acids is 1. The molecule has 2 rings (SSSR count). The molecule has 1 amide bonds. The predicted octanol–water partition coefficient (Wildman–Crippen LogP) is 3.42. The highest BCUT2D eigenvalue weighted by molar-refractivity contribution is 7.09. The van der Waals surface area contributed by atoms with Crippen molar-refractivity contribution in [2.45, 2.75) is 27.4 Å². The Morgan fingerprint density at radius 3 is 2.95 bits per heavy atom. The molecular weight excluding hydrogens is 284 g/mol.